The summed E-state index contributed by atoms with van der Waals surface area (Å²) in [5.74, 6) is 0.331. The molecule has 6 heteroatoms. The number of hydrogen-bond acceptors (Lipinski definition) is 5. The second kappa shape index (κ2) is 8.68. The van der Waals surface area contributed by atoms with Gasteiger partial charge in [0.1, 0.15) is 5.75 Å². The van der Waals surface area contributed by atoms with Crippen LogP contribution in [-0.2, 0) is 4.79 Å². The molecule has 1 heterocycles. The molecule has 0 radical (unpaired) electrons. The van der Waals surface area contributed by atoms with Gasteiger partial charge in [0.2, 0.25) is 0 Å². The average Bonchev–Trinajstić information content (AvgIpc) is 2.68. The van der Waals surface area contributed by atoms with Crippen LogP contribution in [0.3, 0.4) is 0 Å². The molecule has 6 nitrogen and oxygen atoms in total. The summed E-state index contributed by atoms with van der Waals surface area (Å²) in [6.07, 6.45) is 0. The lowest BCUT2D eigenvalue weighted by atomic mass is 10.1. The zero-order valence-corrected chi connectivity index (χ0v) is 15.8. The predicted molar refractivity (Wildman–Crippen MR) is 107 cm³/mol. The van der Waals surface area contributed by atoms with E-state index in [1.54, 1.807) is 24.3 Å². The van der Waals surface area contributed by atoms with Crippen molar-refractivity contribution < 1.29 is 14.3 Å². The number of benzene rings is 2. The van der Waals surface area contributed by atoms with Gasteiger partial charge >= 0.3 is 0 Å². The summed E-state index contributed by atoms with van der Waals surface area (Å²) < 4.78 is 5.47. The number of Topliss-reactive ketones (excluding diaryl/α,β-unsaturated/α-hetero) is 1. The zero-order chi connectivity index (χ0) is 19.2. The second-order valence-corrected chi connectivity index (χ2v) is 6.75. The maximum Gasteiger partial charge on any atom is 0.262 e. The SMILES string of the molecule is CC(=O)c1ccc(OCC(=O)Nc2ccc(N3CCN(C)CC3)cc2)cc1. The molecule has 1 aliphatic rings. The van der Waals surface area contributed by atoms with Crippen molar-refractivity contribution in [1.29, 1.82) is 0 Å². The number of piperazine rings is 1. The number of likely N-dealkylation sites (N-methyl/N-ethyl adjacent to an activating group) is 1. The first-order valence-electron chi connectivity index (χ1n) is 9.08. The van der Waals surface area contributed by atoms with Crippen molar-refractivity contribution in [1.82, 2.24) is 4.90 Å². The van der Waals surface area contributed by atoms with Crippen molar-refractivity contribution in [3.8, 4) is 5.75 Å². The number of amides is 1. The molecule has 1 aliphatic heterocycles. The fourth-order valence-corrected chi connectivity index (χ4v) is 2.95. The lowest BCUT2D eigenvalue weighted by molar-refractivity contribution is -0.118. The lowest BCUT2D eigenvalue weighted by Gasteiger charge is -2.34. The third-order valence-electron chi connectivity index (χ3n) is 4.65. The molecule has 3 rings (SSSR count). The van der Waals surface area contributed by atoms with Crippen molar-refractivity contribution >= 4 is 23.1 Å². The summed E-state index contributed by atoms with van der Waals surface area (Å²) in [6.45, 7) is 5.57. The summed E-state index contributed by atoms with van der Waals surface area (Å²) in [6, 6.07) is 14.6. The fourth-order valence-electron chi connectivity index (χ4n) is 2.95. The highest BCUT2D eigenvalue weighted by atomic mass is 16.5. The molecule has 1 N–H and O–H groups in total. The van der Waals surface area contributed by atoms with E-state index in [9.17, 15) is 9.59 Å². The zero-order valence-electron chi connectivity index (χ0n) is 15.8. The van der Waals surface area contributed by atoms with Crippen LogP contribution in [0.4, 0.5) is 11.4 Å². The van der Waals surface area contributed by atoms with Crippen LogP contribution in [0.25, 0.3) is 0 Å². The molecule has 27 heavy (non-hydrogen) atoms. The van der Waals surface area contributed by atoms with Gasteiger partial charge in [-0.3, -0.25) is 9.59 Å². The Labute approximate surface area is 159 Å². The monoisotopic (exact) mass is 367 g/mol. The van der Waals surface area contributed by atoms with Gasteiger partial charge in [-0.2, -0.15) is 0 Å². The number of ether oxygens (including phenoxy) is 1. The van der Waals surface area contributed by atoms with Gasteiger partial charge in [-0.1, -0.05) is 0 Å². The van der Waals surface area contributed by atoms with Gasteiger partial charge in [0.05, 0.1) is 0 Å². The van der Waals surface area contributed by atoms with Crippen LogP contribution < -0.4 is 15.0 Å². The minimum Gasteiger partial charge on any atom is -0.484 e. The molecule has 2 aromatic rings. The maximum absolute atomic E-state index is 12.1. The average molecular weight is 367 g/mol. The topological polar surface area (TPSA) is 61.9 Å². The van der Waals surface area contributed by atoms with Crippen LogP contribution in [0.1, 0.15) is 17.3 Å². The number of rotatable bonds is 6. The summed E-state index contributed by atoms with van der Waals surface area (Å²) >= 11 is 0. The van der Waals surface area contributed by atoms with E-state index in [1.807, 2.05) is 24.3 Å². The predicted octanol–water partition coefficient (Wildman–Crippen LogP) is 2.66. The van der Waals surface area contributed by atoms with E-state index in [4.69, 9.17) is 4.74 Å². The van der Waals surface area contributed by atoms with Crippen LogP contribution >= 0.6 is 0 Å². The van der Waals surface area contributed by atoms with Crippen LogP contribution in [0, 0.1) is 0 Å². The van der Waals surface area contributed by atoms with E-state index in [-0.39, 0.29) is 18.3 Å². The molecule has 0 atom stereocenters. The molecular weight excluding hydrogens is 342 g/mol. The molecule has 0 unspecified atom stereocenters. The first kappa shape index (κ1) is 18.9. The number of ketones is 1. The van der Waals surface area contributed by atoms with E-state index in [0.717, 1.165) is 31.9 Å². The molecule has 1 fully saturated rings. The number of nitrogens with one attached hydrogen (secondary N) is 1. The Balaban J connectivity index is 1.48. The Morgan fingerprint density at radius 3 is 2.19 bits per heavy atom. The number of anilines is 2. The Hall–Kier alpha value is -2.86. The molecular formula is C21H25N3O3. The van der Waals surface area contributed by atoms with Crippen molar-refractivity contribution in [2.45, 2.75) is 6.92 Å². The van der Waals surface area contributed by atoms with Gasteiger partial charge in [0.25, 0.3) is 5.91 Å². The molecule has 0 aromatic heterocycles. The standard InChI is InChI=1S/C21H25N3O3/c1-16(25)17-3-9-20(10-4-17)27-15-21(26)22-18-5-7-19(8-6-18)24-13-11-23(2)12-14-24/h3-10H,11-15H2,1-2H3,(H,22,26). The summed E-state index contributed by atoms with van der Waals surface area (Å²) in [4.78, 5) is 28.0. The van der Waals surface area contributed by atoms with Crippen LogP contribution in [0.5, 0.6) is 5.75 Å². The molecule has 0 spiro atoms. The van der Waals surface area contributed by atoms with E-state index in [2.05, 4.69) is 22.2 Å². The Morgan fingerprint density at radius 1 is 0.963 bits per heavy atom. The largest absolute Gasteiger partial charge is 0.484 e. The maximum atomic E-state index is 12.1. The molecule has 1 amide bonds. The molecule has 2 aromatic carbocycles. The van der Waals surface area contributed by atoms with Crippen molar-refractivity contribution in [2.24, 2.45) is 0 Å². The van der Waals surface area contributed by atoms with Gasteiger partial charge in [0, 0.05) is 43.1 Å². The molecule has 0 saturated carbocycles. The Bertz CT molecular complexity index is 779. The van der Waals surface area contributed by atoms with E-state index in [1.165, 1.54) is 12.6 Å². The van der Waals surface area contributed by atoms with E-state index < -0.39 is 0 Å². The third kappa shape index (κ3) is 5.31. The second-order valence-electron chi connectivity index (χ2n) is 6.75. The minimum atomic E-state index is -0.224. The Kier molecular flexibility index (Phi) is 6.08. The normalized spacial score (nSPS) is 14.7. The number of carbonyl (C=O) groups is 2. The molecule has 1 saturated heterocycles. The van der Waals surface area contributed by atoms with Gasteiger partial charge in [-0.15, -0.1) is 0 Å². The first-order valence-corrected chi connectivity index (χ1v) is 9.08. The van der Waals surface area contributed by atoms with Gasteiger partial charge in [0.15, 0.2) is 12.4 Å². The van der Waals surface area contributed by atoms with Crippen molar-refractivity contribution in [3.05, 3.63) is 54.1 Å². The van der Waals surface area contributed by atoms with Crippen molar-refractivity contribution in [3.63, 3.8) is 0 Å². The molecule has 142 valence electrons. The van der Waals surface area contributed by atoms with Crippen LogP contribution in [0.2, 0.25) is 0 Å². The van der Waals surface area contributed by atoms with E-state index in [0.29, 0.717) is 11.3 Å². The number of hydrogen-bond donors (Lipinski definition) is 1. The molecule has 0 bridgehead atoms. The highest BCUT2D eigenvalue weighted by Gasteiger charge is 2.14. The van der Waals surface area contributed by atoms with Gasteiger partial charge < -0.3 is 19.9 Å². The highest BCUT2D eigenvalue weighted by molar-refractivity contribution is 5.94. The van der Waals surface area contributed by atoms with E-state index >= 15 is 0 Å². The van der Waals surface area contributed by atoms with Crippen LogP contribution in [0.15, 0.2) is 48.5 Å². The highest BCUT2D eigenvalue weighted by Crippen LogP contribution is 2.19. The first-order chi connectivity index (χ1) is 13.0. The summed E-state index contributed by atoms with van der Waals surface area (Å²) in [7, 11) is 2.13. The summed E-state index contributed by atoms with van der Waals surface area (Å²) in [5.41, 5.74) is 2.53. The Morgan fingerprint density at radius 2 is 1.59 bits per heavy atom. The van der Waals surface area contributed by atoms with Crippen molar-refractivity contribution in [2.75, 3.05) is 50.1 Å². The van der Waals surface area contributed by atoms with Gasteiger partial charge in [-0.05, 0) is 62.5 Å². The quantitative estimate of drug-likeness (QED) is 0.796. The minimum absolute atomic E-state index is 0.000636. The van der Waals surface area contributed by atoms with Crippen LogP contribution in [-0.4, -0.2) is 56.4 Å². The smallest absolute Gasteiger partial charge is 0.262 e. The number of nitrogens with zero attached hydrogens (tertiary/aromatic N) is 2. The summed E-state index contributed by atoms with van der Waals surface area (Å²) in [5, 5.41) is 2.83. The lowest BCUT2D eigenvalue weighted by Crippen LogP contribution is -2.44. The number of carbonyl (C=O) groups excluding carboxylic acids is 2. The third-order valence-corrected chi connectivity index (χ3v) is 4.65. The molecule has 0 aliphatic carbocycles. The fraction of sp³-hybridized carbons (Fsp3) is 0.333. The van der Waals surface area contributed by atoms with Gasteiger partial charge in [-0.25, -0.2) is 0 Å².